The van der Waals surface area contributed by atoms with Gasteiger partial charge in [-0.3, -0.25) is 20.1 Å². The number of allylic oxidation sites excluding steroid dienone is 1. The molecule has 0 saturated carbocycles. The highest BCUT2D eigenvalue weighted by atomic mass is 16.6. The molecule has 4 rings (SSSR count). The van der Waals surface area contributed by atoms with Crippen molar-refractivity contribution >= 4 is 23.8 Å². The van der Waals surface area contributed by atoms with Crippen molar-refractivity contribution in [2.75, 3.05) is 18.5 Å². The van der Waals surface area contributed by atoms with Gasteiger partial charge in [0, 0.05) is 24.4 Å². The zero-order chi connectivity index (χ0) is 27.1. The van der Waals surface area contributed by atoms with Gasteiger partial charge in [0.1, 0.15) is 17.3 Å². The predicted octanol–water partition coefficient (Wildman–Crippen LogP) is 4.40. The van der Waals surface area contributed by atoms with Crippen molar-refractivity contribution in [1.82, 2.24) is 15.0 Å². The van der Waals surface area contributed by atoms with Crippen LogP contribution in [0, 0.1) is 21.4 Å². The van der Waals surface area contributed by atoms with Crippen molar-refractivity contribution in [3.8, 4) is 17.3 Å². The van der Waals surface area contributed by atoms with Gasteiger partial charge < -0.3 is 10.1 Å². The van der Waals surface area contributed by atoms with Crippen molar-refractivity contribution in [3.05, 3.63) is 87.4 Å². The number of nitrogens with one attached hydrogen (secondary N) is 1. The Morgan fingerprint density at radius 2 is 1.97 bits per heavy atom. The predicted molar refractivity (Wildman–Crippen MR) is 141 cm³/mol. The normalized spacial score (nSPS) is 15.7. The molecule has 1 unspecified atom stereocenters. The summed E-state index contributed by atoms with van der Waals surface area (Å²) in [7, 11) is 0. The van der Waals surface area contributed by atoms with E-state index in [9.17, 15) is 14.9 Å². The molecule has 0 saturated heterocycles. The van der Waals surface area contributed by atoms with Crippen LogP contribution in [-0.2, 0) is 16.7 Å². The first-order valence-corrected chi connectivity index (χ1v) is 12.1. The number of pyridine rings is 1. The Morgan fingerprint density at radius 3 is 2.55 bits per heavy atom. The summed E-state index contributed by atoms with van der Waals surface area (Å²) in [5, 5.41) is 23.4. The van der Waals surface area contributed by atoms with Crippen LogP contribution >= 0.6 is 0 Å². The van der Waals surface area contributed by atoms with Gasteiger partial charge in [0.2, 0.25) is 5.95 Å². The molecule has 38 heavy (non-hydrogen) atoms. The third-order valence-corrected chi connectivity index (χ3v) is 6.04. The first kappa shape index (κ1) is 26.1. The molecule has 0 bridgehead atoms. The van der Waals surface area contributed by atoms with Crippen LogP contribution in [0.15, 0.2) is 59.7 Å². The molecule has 1 aromatic carbocycles. The number of nitrogens with zero attached hydrogens (tertiary/aromatic N) is 6. The summed E-state index contributed by atoms with van der Waals surface area (Å²) in [5.41, 5.74) is 2.09. The highest BCUT2D eigenvalue weighted by Gasteiger charge is 2.32. The van der Waals surface area contributed by atoms with Gasteiger partial charge in [-0.1, -0.05) is 19.1 Å². The van der Waals surface area contributed by atoms with Crippen molar-refractivity contribution < 1.29 is 14.5 Å². The molecule has 1 atom stereocenters. The number of ether oxygens (including phenoxy) is 1. The zero-order valence-electron chi connectivity index (χ0n) is 20.9. The fourth-order valence-electron chi connectivity index (χ4n) is 4.14. The summed E-state index contributed by atoms with van der Waals surface area (Å²) in [6, 6.07) is 11.9. The Kier molecular flexibility index (Phi) is 7.82. The SMILES string of the molecule is CCOC(=O)c1c(CC)nc(NCCC2(c3ccc([N+](=O)[O-])cn3)C=CC=N2)nc1-c1ccc(C#N)cc1. The smallest absolute Gasteiger partial charge is 0.342 e. The Morgan fingerprint density at radius 1 is 1.18 bits per heavy atom. The van der Waals surface area contributed by atoms with E-state index in [1.165, 1.54) is 12.3 Å². The van der Waals surface area contributed by atoms with Crippen LogP contribution in [0.5, 0.6) is 0 Å². The standard InChI is InChI=1S/C27H25N7O4/c1-3-21-23(25(35)38-4-2)24(19-8-6-18(16-28)7-9-19)33-26(32-21)29-15-13-27(12-5-14-31-27)22-11-10-20(17-30-22)34(36)37/h5-12,14,17H,3-4,13,15H2,1-2H3,(H,29,32,33). The first-order chi connectivity index (χ1) is 18.4. The molecule has 1 N–H and O–H groups in total. The minimum Gasteiger partial charge on any atom is -0.462 e. The molecule has 0 fully saturated rings. The van der Waals surface area contributed by atoms with Crippen LogP contribution in [0.1, 0.15) is 47.6 Å². The summed E-state index contributed by atoms with van der Waals surface area (Å²) >= 11 is 0. The summed E-state index contributed by atoms with van der Waals surface area (Å²) in [6.45, 7) is 4.23. The van der Waals surface area contributed by atoms with Gasteiger partial charge in [-0.05, 0) is 50.1 Å². The van der Waals surface area contributed by atoms with Crippen LogP contribution in [0.2, 0.25) is 0 Å². The number of aryl methyl sites for hydroxylation is 1. The molecular formula is C27H25N7O4. The van der Waals surface area contributed by atoms with Crippen LogP contribution < -0.4 is 5.32 Å². The van der Waals surface area contributed by atoms with E-state index in [0.717, 1.165) is 0 Å². The number of nitriles is 1. The molecule has 2 aromatic heterocycles. The highest BCUT2D eigenvalue weighted by Crippen LogP contribution is 2.33. The number of esters is 1. The van der Waals surface area contributed by atoms with Crippen molar-refractivity contribution in [2.24, 2.45) is 4.99 Å². The van der Waals surface area contributed by atoms with Crippen molar-refractivity contribution in [2.45, 2.75) is 32.2 Å². The zero-order valence-corrected chi connectivity index (χ0v) is 20.9. The number of hydrogen-bond donors (Lipinski definition) is 1. The lowest BCUT2D eigenvalue weighted by Crippen LogP contribution is -2.25. The third-order valence-electron chi connectivity index (χ3n) is 6.04. The van der Waals surface area contributed by atoms with Crippen LogP contribution in [0.25, 0.3) is 11.3 Å². The molecule has 3 heterocycles. The van der Waals surface area contributed by atoms with E-state index in [1.807, 2.05) is 19.1 Å². The number of hydrogen-bond acceptors (Lipinski definition) is 10. The summed E-state index contributed by atoms with van der Waals surface area (Å²) in [5.74, 6) is -0.184. The second-order valence-electron chi connectivity index (χ2n) is 8.38. The fraction of sp³-hybridized carbons (Fsp3) is 0.259. The molecule has 0 spiro atoms. The molecule has 0 aliphatic carbocycles. The number of rotatable bonds is 10. The number of nitro groups is 1. The molecule has 0 amide bonds. The molecule has 1 aliphatic heterocycles. The quantitative estimate of drug-likeness (QED) is 0.237. The summed E-state index contributed by atoms with van der Waals surface area (Å²) in [6.07, 6.45) is 7.55. The van der Waals surface area contributed by atoms with Crippen molar-refractivity contribution in [3.63, 3.8) is 0 Å². The highest BCUT2D eigenvalue weighted by molar-refractivity contribution is 5.97. The van der Waals surface area contributed by atoms with Crippen molar-refractivity contribution in [1.29, 1.82) is 5.26 Å². The maximum absolute atomic E-state index is 12.9. The lowest BCUT2D eigenvalue weighted by atomic mass is 9.92. The Bertz CT molecular complexity index is 1430. The lowest BCUT2D eigenvalue weighted by Gasteiger charge is -2.24. The van der Waals surface area contributed by atoms with E-state index < -0.39 is 16.4 Å². The van der Waals surface area contributed by atoms with E-state index in [1.54, 1.807) is 43.5 Å². The van der Waals surface area contributed by atoms with E-state index in [4.69, 9.17) is 10.00 Å². The van der Waals surface area contributed by atoms with Gasteiger partial charge >= 0.3 is 5.97 Å². The Hall–Kier alpha value is -4.98. The van der Waals surface area contributed by atoms with Gasteiger partial charge in [-0.15, -0.1) is 0 Å². The van der Waals surface area contributed by atoms with Gasteiger partial charge in [-0.2, -0.15) is 5.26 Å². The lowest BCUT2D eigenvalue weighted by molar-refractivity contribution is -0.385. The number of benzene rings is 1. The number of carbonyl (C=O) groups is 1. The topological polar surface area (TPSA) is 156 Å². The number of aliphatic imine (C=N–C) groups is 1. The maximum Gasteiger partial charge on any atom is 0.342 e. The van der Waals surface area contributed by atoms with Gasteiger partial charge in [0.25, 0.3) is 5.69 Å². The molecule has 1 aliphatic rings. The molecular weight excluding hydrogens is 486 g/mol. The van der Waals surface area contributed by atoms with Gasteiger partial charge in [0.05, 0.1) is 40.2 Å². The minimum absolute atomic E-state index is 0.0921. The van der Waals surface area contributed by atoms with Gasteiger partial charge in [-0.25, -0.2) is 14.8 Å². The number of carbonyl (C=O) groups excluding carboxylic acids is 1. The fourth-order valence-corrected chi connectivity index (χ4v) is 4.14. The first-order valence-electron chi connectivity index (χ1n) is 12.1. The van der Waals surface area contributed by atoms with Crippen LogP contribution in [0.3, 0.4) is 0 Å². The minimum atomic E-state index is -0.781. The van der Waals surface area contributed by atoms with E-state index in [0.29, 0.717) is 59.1 Å². The largest absolute Gasteiger partial charge is 0.462 e. The number of anilines is 1. The van der Waals surface area contributed by atoms with Crippen LogP contribution in [0.4, 0.5) is 11.6 Å². The molecule has 11 heteroatoms. The average Bonchev–Trinajstić information content (AvgIpc) is 3.42. The second-order valence-corrected chi connectivity index (χ2v) is 8.38. The second kappa shape index (κ2) is 11.4. The van der Waals surface area contributed by atoms with Crippen LogP contribution in [-0.4, -0.2) is 45.2 Å². The van der Waals surface area contributed by atoms with E-state index in [2.05, 4.69) is 31.3 Å². The van der Waals surface area contributed by atoms with E-state index in [-0.39, 0.29) is 12.3 Å². The number of aromatic nitrogens is 3. The Balaban J connectivity index is 1.63. The Labute approximate surface area is 219 Å². The molecule has 0 radical (unpaired) electrons. The molecule has 3 aromatic rings. The molecule has 11 nitrogen and oxygen atoms in total. The average molecular weight is 512 g/mol. The van der Waals surface area contributed by atoms with Gasteiger partial charge in [0.15, 0.2) is 0 Å². The summed E-state index contributed by atoms with van der Waals surface area (Å²) < 4.78 is 5.29. The molecule has 192 valence electrons. The maximum atomic E-state index is 12.9. The van der Waals surface area contributed by atoms with E-state index >= 15 is 0 Å². The summed E-state index contributed by atoms with van der Waals surface area (Å²) in [4.78, 5) is 41.5. The monoisotopic (exact) mass is 511 g/mol. The third kappa shape index (κ3) is 5.39.